The Morgan fingerprint density at radius 3 is 2.33 bits per heavy atom. The number of hydrogen-bond acceptors (Lipinski definition) is 7. The Morgan fingerprint density at radius 1 is 0.939 bits per heavy atom. The summed E-state index contributed by atoms with van der Waals surface area (Å²) < 4.78 is 13.2. The van der Waals surface area contributed by atoms with Gasteiger partial charge in [-0.3, -0.25) is 0 Å². The number of carbonyl (C=O) groups is 1. The van der Waals surface area contributed by atoms with Crippen LogP contribution in [-0.2, 0) is 0 Å². The molecular weight excluding hydrogens is 454 g/mol. The minimum atomic E-state index is -0.641. The molecule has 0 atom stereocenters. The lowest BCUT2D eigenvalue weighted by molar-refractivity contribution is 0.0717. The van der Waals surface area contributed by atoms with Gasteiger partial charge in [-0.25, -0.2) is 14.5 Å². The predicted molar refractivity (Wildman–Crippen MR) is 132 cm³/mol. The van der Waals surface area contributed by atoms with Crippen LogP contribution < -0.4 is 9.47 Å². The first-order valence-corrected chi connectivity index (χ1v) is 12.5. The Labute approximate surface area is 200 Å². The number of benzene rings is 3. The zero-order chi connectivity index (χ0) is 22.6. The van der Waals surface area contributed by atoms with Crippen LogP contribution in [0.2, 0.25) is 0 Å². The maximum atomic E-state index is 13.0. The zero-order valence-corrected chi connectivity index (χ0v) is 19.5. The van der Waals surface area contributed by atoms with E-state index in [2.05, 4.69) is 10.1 Å². The number of para-hydroxylation sites is 1. The van der Waals surface area contributed by atoms with E-state index < -0.39 is 5.97 Å². The molecule has 0 saturated carbocycles. The van der Waals surface area contributed by atoms with E-state index in [1.165, 1.54) is 0 Å². The average molecular weight is 476 g/mol. The summed E-state index contributed by atoms with van der Waals surface area (Å²) in [5.74, 6) is 3.02. The third-order valence-electron chi connectivity index (χ3n) is 5.11. The highest BCUT2D eigenvalue weighted by Gasteiger charge is 2.23. The molecular formula is C25H21N3O3S2. The first-order chi connectivity index (χ1) is 16.2. The molecule has 1 aliphatic heterocycles. The molecule has 6 nitrogen and oxygen atoms in total. The van der Waals surface area contributed by atoms with Gasteiger partial charge in [0.1, 0.15) is 0 Å². The Balaban J connectivity index is 1.46. The summed E-state index contributed by atoms with van der Waals surface area (Å²) >= 11 is 3.82. The lowest BCUT2D eigenvalue weighted by Crippen LogP contribution is -2.12. The number of hydrogen-bond donors (Lipinski definition) is 0. The fourth-order valence-electron chi connectivity index (χ4n) is 3.53. The first-order valence-electron chi connectivity index (χ1n) is 10.4. The van der Waals surface area contributed by atoms with Crippen molar-refractivity contribution in [3.63, 3.8) is 0 Å². The highest BCUT2D eigenvalue weighted by atomic mass is 32.2. The van der Waals surface area contributed by atoms with Crippen molar-refractivity contribution < 1.29 is 14.3 Å². The molecule has 2 heterocycles. The number of carbonyl (C=O) groups excluding carboxylic acids is 1. The minimum Gasteiger partial charge on any atom is -0.493 e. The molecule has 0 radical (unpaired) electrons. The topological polar surface area (TPSA) is 66.2 Å². The summed E-state index contributed by atoms with van der Waals surface area (Å²) in [5, 5.41) is 4.47. The van der Waals surface area contributed by atoms with Gasteiger partial charge in [0.15, 0.2) is 17.3 Å². The van der Waals surface area contributed by atoms with Gasteiger partial charge in [0.25, 0.3) is 5.82 Å². The summed E-state index contributed by atoms with van der Waals surface area (Å²) in [4.78, 5) is 17.5. The largest absolute Gasteiger partial charge is 0.493 e. The van der Waals surface area contributed by atoms with Gasteiger partial charge in [0.2, 0.25) is 0 Å². The molecule has 3 aromatic carbocycles. The van der Waals surface area contributed by atoms with Crippen LogP contribution in [0.3, 0.4) is 0 Å². The van der Waals surface area contributed by atoms with Gasteiger partial charge < -0.3 is 9.47 Å². The summed E-state index contributed by atoms with van der Waals surface area (Å²) in [6.45, 7) is 0. The average Bonchev–Trinajstić information content (AvgIpc) is 3.56. The van der Waals surface area contributed by atoms with Crippen molar-refractivity contribution >= 4 is 29.5 Å². The van der Waals surface area contributed by atoms with E-state index in [0.717, 1.165) is 28.3 Å². The quantitative estimate of drug-likeness (QED) is 0.264. The van der Waals surface area contributed by atoms with Gasteiger partial charge in [-0.05, 0) is 29.8 Å². The fraction of sp³-hybridized carbons (Fsp3) is 0.160. The van der Waals surface area contributed by atoms with Crippen molar-refractivity contribution in [1.29, 1.82) is 0 Å². The van der Waals surface area contributed by atoms with Crippen LogP contribution in [0.15, 0.2) is 78.9 Å². The van der Waals surface area contributed by atoms with Gasteiger partial charge in [-0.2, -0.15) is 0 Å². The van der Waals surface area contributed by atoms with Gasteiger partial charge in [-0.1, -0.05) is 54.6 Å². The second-order valence-electron chi connectivity index (χ2n) is 7.25. The van der Waals surface area contributed by atoms with Crippen LogP contribution in [0.1, 0.15) is 20.8 Å². The SMILES string of the molecule is COc1cc(C2SCCS2)ccc1OC(=O)c1nc(-c2ccccc2)n(-c2ccccc2)n1. The molecule has 0 amide bonds. The first kappa shape index (κ1) is 21.6. The van der Waals surface area contributed by atoms with Crippen LogP contribution in [0.25, 0.3) is 17.1 Å². The van der Waals surface area contributed by atoms with E-state index >= 15 is 0 Å². The van der Waals surface area contributed by atoms with Crippen molar-refractivity contribution in [1.82, 2.24) is 14.8 Å². The van der Waals surface area contributed by atoms with Gasteiger partial charge in [0.05, 0.1) is 17.4 Å². The van der Waals surface area contributed by atoms with Crippen molar-refractivity contribution in [2.75, 3.05) is 18.6 Å². The Morgan fingerprint density at radius 2 is 1.64 bits per heavy atom. The van der Waals surface area contributed by atoms with Crippen LogP contribution >= 0.6 is 23.5 Å². The number of thioether (sulfide) groups is 2. The highest BCUT2D eigenvalue weighted by molar-refractivity contribution is 8.19. The summed E-state index contributed by atoms with van der Waals surface area (Å²) in [7, 11) is 1.57. The lowest BCUT2D eigenvalue weighted by atomic mass is 10.2. The fourth-order valence-corrected chi connectivity index (χ4v) is 6.37. The van der Waals surface area contributed by atoms with Crippen molar-refractivity contribution in [2.45, 2.75) is 4.58 Å². The molecule has 1 saturated heterocycles. The molecule has 0 bridgehead atoms. The molecule has 0 aliphatic carbocycles. The lowest BCUT2D eigenvalue weighted by Gasteiger charge is -2.13. The standard InChI is InChI=1S/C25H21N3O3S2/c1-30-21-16-18(25-32-14-15-33-25)12-13-20(21)31-24(29)22-26-23(17-8-4-2-5-9-17)28(27-22)19-10-6-3-7-11-19/h2-13,16,25H,14-15H2,1H3. The third-order valence-corrected chi connectivity index (χ3v) is 8.21. The van der Waals surface area contributed by atoms with E-state index in [4.69, 9.17) is 9.47 Å². The molecule has 0 N–H and O–H groups in total. The molecule has 1 aliphatic rings. The smallest absolute Gasteiger partial charge is 0.383 e. The van der Waals surface area contributed by atoms with Crippen molar-refractivity contribution in [3.05, 3.63) is 90.3 Å². The predicted octanol–water partition coefficient (Wildman–Crippen LogP) is 5.64. The molecule has 0 unspecified atom stereocenters. The summed E-state index contributed by atoms with van der Waals surface area (Å²) in [5.41, 5.74) is 2.80. The van der Waals surface area contributed by atoms with E-state index in [1.807, 2.05) is 96.3 Å². The number of ether oxygens (including phenoxy) is 2. The zero-order valence-electron chi connectivity index (χ0n) is 17.9. The monoisotopic (exact) mass is 475 g/mol. The van der Waals surface area contributed by atoms with Gasteiger partial charge >= 0.3 is 5.97 Å². The molecule has 166 valence electrons. The Bertz CT molecular complexity index is 1200. The molecule has 1 aromatic heterocycles. The number of nitrogens with zero attached hydrogens (tertiary/aromatic N) is 3. The molecule has 4 aromatic rings. The molecule has 0 spiro atoms. The van der Waals surface area contributed by atoms with Crippen molar-refractivity contribution in [2.24, 2.45) is 0 Å². The number of aromatic nitrogens is 3. The van der Waals surface area contributed by atoms with Crippen LogP contribution in [-0.4, -0.2) is 39.3 Å². The maximum Gasteiger partial charge on any atom is 0.383 e. The van der Waals surface area contributed by atoms with Crippen LogP contribution in [0, 0.1) is 0 Å². The van der Waals surface area contributed by atoms with E-state index in [0.29, 0.717) is 21.9 Å². The summed E-state index contributed by atoms with van der Waals surface area (Å²) in [6, 6.07) is 24.9. The number of methoxy groups -OCH3 is 1. The van der Waals surface area contributed by atoms with Crippen molar-refractivity contribution in [3.8, 4) is 28.6 Å². The number of esters is 1. The normalized spacial score (nSPS) is 13.7. The maximum absolute atomic E-state index is 13.0. The second kappa shape index (κ2) is 9.72. The minimum absolute atomic E-state index is 0.0225. The highest BCUT2D eigenvalue weighted by Crippen LogP contribution is 2.47. The van der Waals surface area contributed by atoms with Gasteiger partial charge in [-0.15, -0.1) is 28.6 Å². The molecule has 8 heteroatoms. The van der Waals surface area contributed by atoms with Crippen LogP contribution in [0.5, 0.6) is 11.5 Å². The van der Waals surface area contributed by atoms with E-state index in [1.54, 1.807) is 17.9 Å². The van der Waals surface area contributed by atoms with Gasteiger partial charge in [0, 0.05) is 17.1 Å². The molecule has 33 heavy (non-hydrogen) atoms. The molecule has 5 rings (SSSR count). The third kappa shape index (κ3) is 4.62. The summed E-state index contributed by atoms with van der Waals surface area (Å²) in [6.07, 6.45) is 0. The Kier molecular flexibility index (Phi) is 6.37. The van der Waals surface area contributed by atoms with E-state index in [-0.39, 0.29) is 5.82 Å². The van der Waals surface area contributed by atoms with Crippen LogP contribution in [0.4, 0.5) is 0 Å². The number of rotatable bonds is 6. The Hall–Kier alpha value is -3.23. The van der Waals surface area contributed by atoms with E-state index in [9.17, 15) is 4.79 Å². The second-order valence-corrected chi connectivity index (χ2v) is 9.97. The molecule has 1 fully saturated rings.